The summed E-state index contributed by atoms with van der Waals surface area (Å²) in [4.78, 5) is 19.6. The van der Waals surface area contributed by atoms with Gasteiger partial charge in [0, 0.05) is 25.8 Å². The number of amides is 1. The monoisotopic (exact) mass is 417 g/mol. The van der Waals surface area contributed by atoms with Crippen LogP contribution in [0.1, 0.15) is 29.6 Å². The van der Waals surface area contributed by atoms with Crippen molar-refractivity contribution in [2.75, 3.05) is 42.1 Å². The van der Waals surface area contributed by atoms with E-state index in [0.717, 1.165) is 37.7 Å². The molecule has 0 bridgehead atoms. The molecule has 2 aromatic heterocycles. The first-order valence-corrected chi connectivity index (χ1v) is 10.8. The summed E-state index contributed by atoms with van der Waals surface area (Å²) < 4.78 is 1.65. The molecule has 2 aliphatic rings. The number of para-hydroxylation sites is 1. The second-order valence-corrected chi connectivity index (χ2v) is 8.49. The van der Waals surface area contributed by atoms with Crippen LogP contribution in [-0.2, 0) is 0 Å². The zero-order chi connectivity index (χ0) is 21.3. The van der Waals surface area contributed by atoms with E-state index < -0.39 is 0 Å². The maximum atomic E-state index is 12.7. The van der Waals surface area contributed by atoms with E-state index in [0.29, 0.717) is 22.5 Å². The van der Waals surface area contributed by atoms with E-state index in [-0.39, 0.29) is 5.91 Å². The fourth-order valence-corrected chi connectivity index (χ4v) is 4.52. The maximum Gasteiger partial charge on any atom is 0.258 e. The number of hydrogen-bond donors (Lipinski definition) is 3. The Balaban J connectivity index is 1.23. The van der Waals surface area contributed by atoms with Crippen molar-refractivity contribution in [1.82, 2.24) is 20.1 Å². The molecule has 1 spiro atoms. The van der Waals surface area contributed by atoms with Crippen molar-refractivity contribution in [2.24, 2.45) is 5.41 Å². The molecule has 4 N–H and O–H groups in total. The van der Waals surface area contributed by atoms with E-state index in [1.54, 1.807) is 17.1 Å². The number of nitrogen functional groups attached to an aromatic ring is 1. The van der Waals surface area contributed by atoms with E-state index in [9.17, 15) is 4.79 Å². The zero-order valence-corrected chi connectivity index (χ0v) is 17.4. The summed E-state index contributed by atoms with van der Waals surface area (Å²) >= 11 is 0. The van der Waals surface area contributed by atoms with E-state index in [1.165, 1.54) is 19.3 Å². The average molecular weight is 418 g/mol. The van der Waals surface area contributed by atoms with E-state index >= 15 is 0 Å². The van der Waals surface area contributed by atoms with Crippen LogP contribution in [0.25, 0.3) is 5.69 Å². The SMILES string of the molecule is Nc1cn(-c2ccccc2)nc1NC(=O)c1ccc(N2CCC3(CCNC3)CC2)nc1. The van der Waals surface area contributed by atoms with Crippen molar-refractivity contribution < 1.29 is 4.79 Å². The third-order valence-electron chi connectivity index (χ3n) is 6.49. The molecule has 0 unspecified atom stereocenters. The number of anilines is 3. The molecule has 31 heavy (non-hydrogen) atoms. The minimum atomic E-state index is -0.279. The van der Waals surface area contributed by atoms with Crippen LogP contribution in [0.3, 0.4) is 0 Å². The Bertz CT molecular complexity index is 1050. The normalized spacial score (nSPS) is 17.7. The number of nitrogens with zero attached hydrogens (tertiary/aromatic N) is 4. The first-order valence-electron chi connectivity index (χ1n) is 10.8. The summed E-state index contributed by atoms with van der Waals surface area (Å²) in [6, 6.07) is 13.4. The highest BCUT2D eigenvalue weighted by molar-refractivity contribution is 6.04. The fourth-order valence-electron chi connectivity index (χ4n) is 4.52. The maximum absolute atomic E-state index is 12.7. The topological polar surface area (TPSA) is 101 Å². The van der Waals surface area contributed by atoms with Gasteiger partial charge in [-0.2, -0.15) is 0 Å². The summed E-state index contributed by atoms with van der Waals surface area (Å²) in [6.45, 7) is 4.29. The number of piperidine rings is 1. The minimum absolute atomic E-state index is 0.279. The second-order valence-electron chi connectivity index (χ2n) is 8.49. The summed E-state index contributed by atoms with van der Waals surface area (Å²) in [5.41, 5.74) is 8.28. The van der Waals surface area contributed by atoms with Crippen molar-refractivity contribution in [1.29, 1.82) is 0 Å². The van der Waals surface area contributed by atoms with Gasteiger partial charge in [0.2, 0.25) is 0 Å². The Hall–Kier alpha value is -3.39. The summed E-state index contributed by atoms with van der Waals surface area (Å²) in [6.07, 6.45) is 6.96. The van der Waals surface area contributed by atoms with Gasteiger partial charge in [0.1, 0.15) is 5.82 Å². The van der Waals surface area contributed by atoms with E-state index in [4.69, 9.17) is 5.73 Å². The number of benzene rings is 1. The van der Waals surface area contributed by atoms with Crippen molar-refractivity contribution in [3.8, 4) is 5.69 Å². The lowest BCUT2D eigenvalue weighted by Crippen LogP contribution is -2.41. The lowest BCUT2D eigenvalue weighted by molar-refractivity contribution is 0.102. The molecule has 0 atom stereocenters. The highest BCUT2D eigenvalue weighted by Gasteiger charge is 2.37. The highest BCUT2D eigenvalue weighted by atomic mass is 16.1. The van der Waals surface area contributed by atoms with Gasteiger partial charge in [0.25, 0.3) is 5.91 Å². The molecule has 4 heterocycles. The molecule has 8 heteroatoms. The Labute approximate surface area is 181 Å². The van der Waals surface area contributed by atoms with Gasteiger partial charge in [0.15, 0.2) is 5.82 Å². The number of nitrogens with two attached hydrogens (primary N) is 1. The van der Waals surface area contributed by atoms with Gasteiger partial charge < -0.3 is 21.3 Å². The molecule has 3 aromatic rings. The third kappa shape index (κ3) is 3.98. The molecule has 0 radical (unpaired) electrons. The summed E-state index contributed by atoms with van der Waals surface area (Å²) in [7, 11) is 0. The van der Waals surface area contributed by atoms with Gasteiger partial charge in [-0.3, -0.25) is 4.79 Å². The second kappa shape index (κ2) is 8.03. The summed E-state index contributed by atoms with van der Waals surface area (Å²) in [5.74, 6) is 0.980. The standard InChI is InChI=1S/C23H27N7O/c24-19-15-30(18-4-2-1-3-5-18)28-21(19)27-22(31)17-6-7-20(26-14-17)29-12-9-23(10-13-29)8-11-25-16-23/h1-7,14-15,25H,8-13,16,24H2,(H,27,28,31). The fraction of sp³-hybridized carbons (Fsp3) is 0.348. The molecular weight excluding hydrogens is 390 g/mol. The number of aromatic nitrogens is 3. The molecule has 8 nitrogen and oxygen atoms in total. The first kappa shape index (κ1) is 19.6. The molecule has 1 aromatic carbocycles. The van der Waals surface area contributed by atoms with Crippen LogP contribution in [0, 0.1) is 5.41 Å². The molecule has 2 fully saturated rings. The van der Waals surface area contributed by atoms with Crippen molar-refractivity contribution in [3.05, 3.63) is 60.4 Å². The number of hydrogen-bond acceptors (Lipinski definition) is 6. The number of carbonyl (C=O) groups excluding carboxylic acids is 1. The van der Waals surface area contributed by atoms with Gasteiger partial charge >= 0.3 is 0 Å². The molecule has 0 saturated carbocycles. The molecular formula is C23H27N7O. The first-order chi connectivity index (χ1) is 15.1. The summed E-state index contributed by atoms with van der Waals surface area (Å²) in [5, 5.41) is 10.7. The van der Waals surface area contributed by atoms with Gasteiger partial charge in [-0.05, 0) is 55.5 Å². The molecule has 1 amide bonds. The van der Waals surface area contributed by atoms with Gasteiger partial charge in [-0.25, -0.2) is 9.67 Å². The van der Waals surface area contributed by atoms with Crippen LogP contribution in [0.15, 0.2) is 54.9 Å². The number of carbonyl (C=O) groups is 1. The van der Waals surface area contributed by atoms with Crippen molar-refractivity contribution in [2.45, 2.75) is 19.3 Å². The zero-order valence-electron chi connectivity index (χ0n) is 17.4. The largest absolute Gasteiger partial charge is 0.394 e. The predicted molar refractivity (Wildman–Crippen MR) is 122 cm³/mol. The van der Waals surface area contributed by atoms with Gasteiger partial charge in [-0.15, -0.1) is 5.10 Å². The molecule has 160 valence electrons. The molecule has 0 aliphatic carbocycles. The average Bonchev–Trinajstić information content (AvgIpc) is 3.42. The Morgan fingerprint density at radius 3 is 2.58 bits per heavy atom. The van der Waals surface area contributed by atoms with Crippen molar-refractivity contribution >= 4 is 23.2 Å². The van der Waals surface area contributed by atoms with Crippen LogP contribution >= 0.6 is 0 Å². The Morgan fingerprint density at radius 1 is 1.10 bits per heavy atom. The van der Waals surface area contributed by atoms with E-state index in [1.807, 2.05) is 42.5 Å². The quantitative estimate of drug-likeness (QED) is 0.603. The lowest BCUT2D eigenvalue weighted by Gasteiger charge is -2.39. The van der Waals surface area contributed by atoms with E-state index in [2.05, 4.69) is 25.6 Å². The number of pyridine rings is 1. The minimum Gasteiger partial charge on any atom is -0.394 e. The predicted octanol–water partition coefficient (Wildman–Crippen LogP) is 2.68. The Morgan fingerprint density at radius 2 is 1.90 bits per heavy atom. The van der Waals surface area contributed by atoms with Gasteiger partial charge in [0.05, 0.1) is 23.1 Å². The van der Waals surface area contributed by atoms with Crippen LogP contribution in [0.2, 0.25) is 0 Å². The highest BCUT2D eigenvalue weighted by Crippen LogP contribution is 2.37. The molecule has 2 aliphatic heterocycles. The molecule has 5 rings (SSSR count). The number of rotatable bonds is 4. The third-order valence-corrected chi connectivity index (χ3v) is 6.49. The number of nitrogens with one attached hydrogen (secondary N) is 2. The smallest absolute Gasteiger partial charge is 0.258 e. The van der Waals surface area contributed by atoms with Crippen LogP contribution in [0.5, 0.6) is 0 Å². The van der Waals surface area contributed by atoms with Crippen LogP contribution < -0.4 is 21.3 Å². The molecule has 2 saturated heterocycles. The van der Waals surface area contributed by atoms with Crippen LogP contribution in [-0.4, -0.2) is 46.9 Å². The van der Waals surface area contributed by atoms with Gasteiger partial charge in [-0.1, -0.05) is 18.2 Å². The van der Waals surface area contributed by atoms with Crippen molar-refractivity contribution in [3.63, 3.8) is 0 Å². The van der Waals surface area contributed by atoms with Crippen LogP contribution in [0.4, 0.5) is 17.3 Å². The lowest BCUT2D eigenvalue weighted by atomic mass is 9.78. The Kier molecular flexibility index (Phi) is 5.07.